The van der Waals surface area contributed by atoms with Crippen LogP contribution in [0.4, 0.5) is 0 Å². The Balaban J connectivity index is 2.20. The maximum absolute atomic E-state index is 12.1. The summed E-state index contributed by atoms with van der Waals surface area (Å²) >= 11 is 0. The molecule has 20 heavy (non-hydrogen) atoms. The van der Waals surface area contributed by atoms with Crippen molar-refractivity contribution in [2.24, 2.45) is 5.41 Å². The topological polar surface area (TPSA) is 99.3 Å². The molecule has 2 rings (SSSR count). The highest BCUT2D eigenvalue weighted by molar-refractivity contribution is 5.94. The van der Waals surface area contributed by atoms with Gasteiger partial charge < -0.3 is 15.4 Å². The summed E-state index contributed by atoms with van der Waals surface area (Å²) in [7, 11) is 0. The zero-order valence-corrected chi connectivity index (χ0v) is 11.3. The lowest BCUT2D eigenvalue weighted by Gasteiger charge is -2.38. The Bertz CT molecular complexity index is 581. The first kappa shape index (κ1) is 14.3. The molecule has 1 saturated carbocycles. The number of H-pyrrole nitrogens is 1. The third kappa shape index (κ3) is 2.59. The molecule has 108 valence electrons. The quantitative estimate of drug-likeness (QED) is 0.772. The van der Waals surface area contributed by atoms with E-state index in [2.05, 4.69) is 10.3 Å². The van der Waals surface area contributed by atoms with Crippen molar-refractivity contribution in [1.29, 1.82) is 0 Å². The number of carboxylic acids is 1. The summed E-state index contributed by atoms with van der Waals surface area (Å²) in [5.41, 5.74) is -1.45. The molecule has 0 saturated heterocycles. The fourth-order valence-electron chi connectivity index (χ4n) is 2.66. The van der Waals surface area contributed by atoms with Gasteiger partial charge in [0.1, 0.15) is 5.56 Å². The van der Waals surface area contributed by atoms with E-state index in [1.54, 1.807) is 13.0 Å². The lowest BCUT2D eigenvalue weighted by Crippen LogP contribution is -2.52. The molecular formula is C14H18N2O4. The van der Waals surface area contributed by atoms with Crippen LogP contribution in [0.25, 0.3) is 0 Å². The summed E-state index contributed by atoms with van der Waals surface area (Å²) in [6.45, 7) is 1.65. The number of rotatable bonds is 3. The number of carbonyl (C=O) groups excluding carboxylic acids is 1. The highest BCUT2D eigenvalue weighted by atomic mass is 16.4. The molecular weight excluding hydrogens is 260 g/mol. The van der Waals surface area contributed by atoms with Crippen molar-refractivity contribution < 1.29 is 14.7 Å². The van der Waals surface area contributed by atoms with Gasteiger partial charge in [-0.15, -0.1) is 0 Å². The van der Waals surface area contributed by atoms with Gasteiger partial charge >= 0.3 is 5.97 Å². The van der Waals surface area contributed by atoms with Crippen LogP contribution in [0.5, 0.6) is 0 Å². The highest BCUT2D eigenvalue weighted by Gasteiger charge is 2.44. The first-order chi connectivity index (χ1) is 9.45. The Hall–Kier alpha value is -2.11. The van der Waals surface area contributed by atoms with Crippen LogP contribution in [0.15, 0.2) is 23.1 Å². The minimum atomic E-state index is -0.977. The van der Waals surface area contributed by atoms with Gasteiger partial charge in [-0.05, 0) is 31.9 Å². The molecule has 1 amide bonds. The zero-order valence-electron chi connectivity index (χ0n) is 11.3. The summed E-state index contributed by atoms with van der Waals surface area (Å²) in [6.07, 6.45) is 4.29. The minimum absolute atomic E-state index is 0.00538. The zero-order chi connectivity index (χ0) is 14.8. The first-order valence-electron chi connectivity index (χ1n) is 6.67. The second-order valence-electron chi connectivity index (χ2n) is 5.41. The molecule has 1 aromatic heterocycles. The molecule has 0 bridgehead atoms. The number of carbonyl (C=O) groups is 2. The average molecular weight is 278 g/mol. The summed E-state index contributed by atoms with van der Waals surface area (Å²) in [4.78, 5) is 37.6. The monoisotopic (exact) mass is 278 g/mol. The predicted molar refractivity (Wildman–Crippen MR) is 72.5 cm³/mol. The molecule has 1 heterocycles. The van der Waals surface area contributed by atoms with E-state index in [-0.39, 0.29) is 5.56 Å². The second kappa shape index (κ2) is 5.48. The molecule has 6 nitrogen and oxygen atoms in total. The predicted octanol–water partition coefficient (Wildman–Crippen LogP) is 1.14. The lowest BCUT2D eigenvalue weighted by molar-refractivity contribution is -0.151. The van der Waals surface area contributed by atoms with E-state index in [1.165, 1.54) is 12.3 Å². The summed E-state index contributed by atoms with van der Waals surface area (Å²) in [6, 6.07) is 2.53. The number of hydrogen-bond donors (Lipinski definition) is 3. The molecule has 0 spiro atoms. The Morgan fingerprint density at radius 1 is 1.45 bits per heavy atom. The largest absolute Gasteiger partial charge is 0.481 e. The van der Waals surface area contributed by atoms with E-state index >= 15 is 0 Å². The maximum Gasteiger partial charge on any atom is 0.311 e. The Kier molecular flexibility index (Phi) is 3.92. The van der Waals surface area contributed by atoms with Crippen molar-refractivity contribution in [1.82, 2.24) is 10.3 Å². The standard InChI is InChI=1S/C14H18N2O4/c1-14(13(19)20)7-3-2-6-10(14)16-12(18)9-5-4-8-15-11(9)17/h4-5,8,10H,2-3,6-7H2,1H3,(H,15,17)(H,16,18)(H,19,20). The van der Waals surface area contributed by atoms with Crippen LogP contribution in [-0.4, -0.2) is 28.0 Å². The van der Waals surface area contributed by atoms with Gasteiger partial charge in [-0.3, -0.25) is 14.4 Å². The van der Waals surface area contributed by atoms with Crippen molar-refractivity contribution in [2.75, 3.05) is 0 Å². The van der Waals surface area contributed by atoms with E-state index in [4.69, 9.17) is 0 Å². The van der Waals surface area contributed by atoms with E-state index < -0.39 is 28.9 Å². The third-order valence-electron chi connectivity index (χ3n) is 4.06. The van der Waals surface area contributed by atoms with Gasteiger partial charge in [-0.2, -0.15) is 0 Å². The van der Waals surface area contributed by atoms with E-state index in [0.717, 1.165) is 12.8 Å². The van der Waals surface area contributed by atoms with Gasteiger partial charge in [-0.25, -0.2) is 0 Å². The molecule has 0 radical (unpaired) electrons. The number of amides is 1. The van der Waals surface area contributed by atoms with Crippen LogP contribution in [0.1, 0.15) is 43.0 Å². The molecule has 1 aliphatic rings. The number of carboxylic acid groups (broad SMARTS) is 1. The van der Waals surface area contributed by atoms with Crippen molar-refractivity contribution in [3.8, 4) is 0 Å². The SMILES string of the molecule is CC1(C(=O)O)CCCCC1NC(=O)c1ccc[nH]c1=O. The molecule has 0 aromatic carbocycles. The molecule has 1 aliphatic carbocycles. The smallest absolute Gasteiger partial charge is 0.311 e. The van der Waals surface area contributed by atoms with E-state index in [1.807, 2.05) is 0 Å². The van der Waals surface area contributed by atoms with Crippen LogP contribution >= 0.6 is 0 Å². The van der Waals surface area contributed by atoms with Gasteiger partial charge in [-0.1, -0.05) is 12.8 Å². The molecule has 0 aliphatic heterocycles. The van der Waals surface area contributed by atoms with Crippen molar-refractivity contribution >= 4 is 11.9 Å². The van der Waals surface area contributed by atoms with Crippen LogP contribution in [-0.2, 0) is 4.79 Å². The van der Waals surface area contributed by atoms with Crippen molar-refractivity contribution in [3.05, 3.63) is 34.2 Å². The Labute approximate surface area is 116 Å². The summed E-state index contributed by atoms with van der Waals surface area (Å²) < 4.78 is 0. The van der Waals surface area contributed by atoms with E-state index in [9.17, 15) is 19.5 Å². The summed E-state index contributed by atoms with van der Waals surface area (Å²) in [5, 5.41) is 12.1. The van der Waals surface area contributed by atoms with E-state index in [0.29, 0.717) is 12.8 Å². The lowest BCUT2D eigenvalue weighted by atomic mass is 9.71. The highest BCUT2D eigenvalue weighted by Crippen LogP contribution is 2.36. The number of nitrogens with one attached hydrogen (secondary N) is 2. The number of aliphatic carboxylic acids is 1. The van der Waals surface area contributed by atoms with Crippen LogP contribution in [0.3, 0.4) is 0 Å². The molecule has 1 fully saturated rings. The number of pyridine rings is 1. The van der Waals surface area contributed by atoms with Crippen LogP contribution in [0.2, 0.25) is 0 Å². The molecule has 3 N–H and O–H groups in total. The van der Waals surface area contributed by atoms with Crippen LogP contribution < -0.4 is 10.9 Å². The minimum Gasteiger partial charge on any atom is -0.481 e. The number of hydrogen-bond acceptors (Lipinski definition) is 3. The fraction of sp³-hybridized carbons (Fsp3) is 0.500. The number of aromatic amines is 1. The van der Waals surface area contributed by atoms with Gasteiger partial charge in [0.15, 0.2) is 0 Å². The van der Waals surface area contributed by atoms with Crippen molar-refractivity contribution in [3.63, 3.8) is 0 Å². The normalized spacial score (nSPS) is 25.9. The van der Waals surface area contributed by atoms with Gasteiger partial charge in [0.25, 0.3) is 11.5 Å². The Morgan fingerprint density at radius 3 is 2.85 bits per heavy atom. The molecule has 1 aromatic rings. The molecule has 2 unspecified atom stereocenters. The maximum atomic E-state index is 12.1. The Morgan fingerprint density at radius 2 is 2.20 bits per heavy atom. The molecule has 2 atom stereocenters. The first-order valence-corrected chi connectivity index (χ1v) is 6.67. The van der Waals surface area contributed by atoms with Crippen molar-refractivity contribution in [2.45, 2.75) is 38.6 Å². The van der Waals surface area contributed by atoms with Gasteiger partial charge in [0.2, 0.25) is 0 Å². The number of aromatic nitrogens is 1. The fourth-order valence-corrected chi connectivity index (χ4v) is 2.66. The third-order valence-corrected chi connectivity index (χ3v) is 4.06. The average Bonchev–Trinajstić information content (AvgIpc) is 2.41. The molecule has 6 heteroatoms. The van der Waals surface area contributed by atoms with Gasteiger partial charge in [0.05, 0.1) is 5.41 Å². The van der Waals surface area contributed by atoms with Gasteiger partial charge in [0, 0.05) is 12.2 Å². The second-order valence-corrected chi connectivity index (χ2v) is 5.41. The van der Waals surface area contributed by atoms with Crippen LogP contribution in [0, 0.1) is 5.41 Å². The summed E-state index contributed by atoms with van der Waals surface area (Å²) in [5.74, 6) is -1.43.